The van der Waals surface area contributed by atoms with Gasteiger partial charge in [-0.15, -0.1) is 0 Å². The molecule has 106 valence electrons. The van der Waals surface area contributed by atoms with Crippen molar-refractivity contribution < 1.29 is 14.0 Å². The number of hydrogen-bond acceptors (Lipinski definition) is 3. The molecule has 2 amide bonds. The summed E-state index contributed by atoms with van der Waals surface area (Å²) in [5.41, 5.74) is 5.87. The first-order chi connectivity index (χ1) is 9.41. The molecule has 0 aliphatic carbocycles. The van der Waals surface area contributed by atoms with Crippen molar-refractivity contribution in [2.45, 2.75) is 6.54 Å². The Balaban J connectivity index is 2.23. The van der Waals surface area contributed by atoms with Crippen molar-refractivity contribution in [2.75, 3.05) is 20.1 Å². The smallest absolute Gasteiger partial charge is 0.312 e. The maximum Gasteiger partial charge on any atom is 0.312 e. The fraction of sp³-hybridized carbons (Fsp3) is 0.308. The molecule has 5 nitrogen and oxygen atoms in total. The molecular formula is C13H14FN3O2S. The highest BCUT2D eigenvalue weighted by molar-refractivity contribution is 7.80. The van der Waals surface area contributed by atoms with Gasteiger partial charge in [-0.25, -0.2) is 4.39 Å². The second-order valence-electron chi connectivity index (χ2n) is 4.60. The topological polar surface area (TPSA) is 66.6 Å². The molecular weight excluding hydrogens is 281 g/mol. The number of likely N-dealkylation sites (N-methyl/N-ethyl adjacent to an activating group) is 1. The second-order valence-corrected chi connectivity index (χ2v) is 5.04. The predicted octanol–water partition coefficient (Wildman–Crippen LogP) is 0.261. The maximum absolute atomic E-state index is 14.2. The molecule has 1 saturated heterocycles. The lowest BCUT2D eigenvalue weighted by Crippen LogP contribution is -2.52. The summed E-state index contributed by atoms with van der Waals surface area (Å²) in [6.07, 6.45) is 0. The number of benzene rings is 1. The van der Waals surface area contributed by atoms with Crippen molar-refractivity contribution in [1.82, 2.24) is 9.80 Å². The number of carbonyl (C=O) groups excluding carboxylic acids is 2. The molecule has 2 rings (SSSR count). The molecule has 1 aromatic rings. The van der Waals surface area contributed by atoms with E-state index in [4.69, 9.17) is 18.0 Å². The van der Waals surface area contributed by atoms with E-state index in [1.165, 1.54) is 15.9 Å². The number of halogens is 1. The van der Waals surface area contributed by atoms with Crippen LogP contribution in [0.25, 0.3) is 0 Å². The number of piperazine rings is 1. The van der Waals surface area contributed by atoms with E-state index < -0.39 is 17.6 Å². The fourth-order valence-electron chi connectivity index (χ4n) is 2.02. The van der Waals surface area contributed by atoms with Crippen molar-refractivity contribution in [2.24, 2.45) is 5.73 Å². The Morgan fingerprint density at radius 1 is 1.35 bits per heavy atom. The van der Waals surface area contributed by atoms with Gasteiger partial charge in [0.05, 0.1) is 0 Å². The Morgan fingerprint density at radius 3 is 2.70 bits per heavy atom. The van der Waals surface area contributed by atoms with Crippen LogP contribution in [0.4, 0.5) is 4.39 Å². The third-order valence-corrected chi connectivity index (χ3v) is 3.45. The van der Waals surface area contributed by atoms with E-state index in [1.807, 2.05) is 0 Å². The van der Waals surface area contributed by atoms with E-state index in [2.05, 4.69) is 0 Å². The molecule has 1 aliphatic rings. The average molecular weight is 295 g/mol. The number of thiocarbonyl (C=S) groups is 1. The average Bonchev–Trinajstić information content (AvgIpc) is 2.41. The molecule has 0 bridgehead atoms. The van der Waals surface area contributed by atoms with Gasteiger partial charge in [0.1, 0.15) is 10.8 Å². The monoisotopic (exact) mass is 295 g/mol. The van der Waals surface area contributed by atoms with Gasteiger partial charge in [-0.1, -0.05) is 24.4 Å². The summed E-state index contributed by atoms with van der Waals surface area (Å²) in [7, 11) is 1.56. The lowest BCUT2D eigenvalue weighted by molar-refractivity contribution is -0.155. The first kappa shape index (κ1) is 14.4. The van der Waals surface area contributed by atoms with Crippen LogP contribution in [0.1, 0.15) is 11.1 Å². The Hall–Kier alpha value is -2.02. The zero-order valence-electron chi connectivity index (χ0n) is 10.9. The van der Waals surface area contributed by atoms with E-state index >= 15 is 0 Å². The van der Waals surface area contributed by atoms with Crippen LogP contribution in [0.15, 0.2) is 18.2 Å². The zero-order chi connectivity index (χ0) is 14.9. The van der Waals surface area contributed by atoms with Crippen LogP contribution in [0, 0.1) is 5.82 Å². The Labute approximate surface area is 121 Å². The Bertz CT molecular complexity index is 591. The number of hydrogen-bond donors (Lipinski definition) is 1. The number of carbonyl (C=O) groups is 2. The van der Waals surface area contributed by atoms with Crippen LogP contribution in [0.2, 0.25) is 0 Å². The van der Waals surface area contributed by atoms with Crippen molar-refractivity contribution in [3.63, 3.8) is 0 Å². The fourth-order valence-corrected chi connectivity index (χ4v) is 2.18. The molecule has 1 aromatic carbocycles. The molecule has 2 N–H and O–H groups in total. The molecule has 1 fully saturated rings. The highest BCUT2D eigenvalue weighted by atomic mass is 32.1. The minimum absolute atomic E-state index is 0.0285. The predicted molar refractivity (Wildman–Crippen MR) is 75.3 cm³/mol. The summed E-state index contributed by atoms with van der Waals surface area (Å²) in [6, 6.07) is 4.65. The van der Waals surface area contributed by atoms with E-state index in [0.717, 1.165) is 0 Å². The van der Waals surface area contributed by atoms with Crippen molar-refractivity contribution in [1.29, 1.82) is 0 Å². The molecule has 0 unspecified atom stereocenters. The summed E-state index contributed by atoms with van der Waals surface area (Å²) in [4.78, 5) is 26.1. The minimum Gasteiger partial charge on any atom is -0.389 e. The van der Waals surface area contributed by atoms with Gasteiger partial charge < -0.3 is 15.5 Å². The van der Waals surface area contributed by atoms with Crippen LogP contribution in [-0.4, -0.2) is 46.7 Å². The first-order valence-electron chi connectivity index (χ1n) is 6.03. The van der Waals surface area contributed by atoms with Gasteiger partial charge >= 0.3 is 11.8 Å². The van der Waals surface area contributed by atoms with Gasteiger partial charge in [-0.2, -0.15) is 0 Å². The van der Waals surface area contributed by atoms with Crippen LogP contribution >= 0.6 is 12.2 Å². The third-order valence-electron chi connectivity index (χ3n) is 3.23. The van der Waals surface area contributed by atoms with Gasteiger partial charge in [-0.3, -0.25) is 9.59 Å². The first-order valence-corrected chi connectivity index (χ1v) is 6.44. The van der Waals surface area contributed by atoms with Crippen molar-refractivity contribution >= 4 is 29.0 Å². The van der Waals surface area contributed by atoms with Crippen LogP contribution < -0.4 is 5.73 Å². The standard InChI is InChI=1S/C13H14FN3O2S/c1-16-5-6-17(13(19)12(16)18)7-8-3-2-4-9(10(8)14)11(15)20/h2-4H,5-7H2,1H3,(H2,15,20). The normalized spacial score (nSPS) is 15.7. The Morgan fingerprint density at radius 2 is 2.05 bits per heavy atom. The summed E-state index contributed by atoms with van der Waals surface area (Å²) in [5.74, 6) is -1.75. The molecule has 20 heavy (non-hydrogen) atoms. The van der Waals surface area contributed by atoms with E-state index in [1.54, 1.807) is 19.2 Å². The van der Waals surface area contributed by atoms with Crippen LogP contribution in [0.5, 0.6) is 0 Å². The number of amides is 2. The second kappa shape index (κ2) is 5.54. The van der Waals surface area contributed by atoms with E-state index in [9.17, 15) is 14.0 Å². The molecule has 1 aliphatic heterocycles. The third kappa shape index (κ3) is 2.62. The molecule has 0 aromatic heterocycles. The van der Waals surface area contributed by atoms with Crippen molar-refractivity contribution in [3.8, 4) is 0 Å². The number of rotatable bonds is 3. The van der Waals surface area contributed by atoms with Gasteiger partial charge in [-0.05, 0) is 6.07 Å². The quantitative estimate of drug-likeness (QED) is 0.642. The maximum atomic E-state index is 14.2. The lowest BCUT2D eigenvalue weighted by atomic mass is 10.1. The van der Waals surface area contributed by atoms with Crippen LogP contribution in [-0.2, 0) is 16.1 Å². The SMILES string of the molecule is CN1CCN(Cc2cccc(C(N)=S)c2F)C(=O)C1=O. The molecule has 7 heteroatoms. The highest BCUT2D eigenvalue weighted by Crippen LogP contribution is 2.16. The van der Waals surface area contributed by atoms with Crippen LogP contribution in [0.3, 0.4) is 0 Å². The number of nitrogens with two attached hydrogens (primary N) is 1. The molecule has 0 saturated carbocycles. The van der Waals surface area contributed by atoms with E-state index in [-0.39, 0.29) is 17.1 Å². The lowest BCUT2D eigenvalue weighted by Gasteiger charge is -2.31. The minimum atomic E-state index is -0.626. The summed E-state index contributed by atoms with van der Waals surface area (Å²) < 4.78 is 14.2. The molecule has 0 spiro atoms. The highest BCUT2D eigenvalue weighted by Gasteiger charge is 2.30. The molecule has 1 heterocycles. The summed E-state index contributed by atoms with van der Waals surface area (Å²) >= 11 is 4.77. The van der Waals surface area contributed by atoms with Crippen molar-refractivity contribution in [3.05, 3.63) is 35.1 Å². The van der Waals surface area contributed by atoms with Gasteiger partial charge in [0.25, 0.3) is 0 Å². The Kier molecular flexibility index (Phi) is 3.99. The summed E-state index contributed by atoms with van der Waals surface area (Å²) in [5, 5.41) is 0. The number of nitrogens with zero attached hydrogens (tertiary/aromatic N) is 2. The zero-order valence-corrected chi connectivity index (χ0v) is 11.7. The summed E-state index contributed by atoms with van der Waals surface area (Å²) in [6.45, 7) is 0.833. The van der Waals surface area contributed by atoms with Gasteiger partial charge in [0, 0.05) is 37.8 Å². The molecule has 0 atom stereocenters. The van der Waals surface area contributed by atoms with Gasteiger partial charge in [0.2, 0.25) is 0 Å². The molecule has 0 radical (unpaired) electrons. The largest absolute Gasteiger partial charge is 0.389 e. The van der Waals surface area contributed by atoms with E-state index in [0.29, 0.717) is 18.7 Å². The van der Waals surface area contributed by atoms with Gasteiger partial charge in [0.15, 0.2) is 0 Å².